The van der Waals surface area contributed by atoms with Crippen LogP contribution in [0.25, 0.3) is 10.9 Å². The first-order chi connectivity index (χ1) is 19.4. The number of nitrogens with one attached hydrogen (secondary N) is 2. The standard InChI is InChI=1S/C32H32ClN3O4/c1-21(38)31-28(20-37)30(32(39)34-17-16-25-18-35-29-5-3-2-4-27(25)29)36(40-31)19-24-10-8-22(9-11-24)6-7-23-12-14-26(33)15-13-23/h2-5,8-15,18,21,28,30-31,35,37-38H,16-17,19-20H2,1H3,(H,34,39)/t21?,28-,30-,31-/m1/s1. The second kappa shape index (κ2) is 12.7. The third kappa shape index (κ3) is 6.39. The number of para-hydroxylation sites is 1. The number of carbonyl (C=O) groups is 1. The molecular weight excluding hydrogens is 526 g/mol. The zero-order valence-corrected chi connectivity index (χ0v) is 22.9. The van der Waals surface area contributed by atoms with Gasteiger partial charge in [-0.05, 0) is 66.9 Å². The van der Waals surface area contributed by atoms with E-state index in [0.29, 0.717) is 24.5 Å². The lowest BCUT2D eigenvalue weighted by Gasteiger charge is -2.24. The molecule has 0 spiro atoms. The fourth-order valence-electron chi connectivity index (χ4n) is 5.12. The summed E-state index contributed by atoms with van der Waals surface area (Å²) in [7, 11) is 0. The summed E-state index contributed by atoms with van der Waals surface area (Å²) in [5, 5.41) is 26.9. The van der Waals surface area contributed by atoms with Gasteiger partial charge in [0, 0.05) is 45.7 Å². The number of rotatable bonds is 8. The van der Waals surface area contributed by atoms with Crippen LogP contribution in [0.2, 0.25) is 5.02 Å². The van der Waals surface area contributed by atoms with Crippen LogP contribution in [0.15, 0.2) is 79.0 Å². The van der Waals surface area contributed by atoms with Gasteiger partial charge >= 0.3 is 0 Å². The van der Waals surface area contributed by atoms with E-state index in [-0.39, 0.29) is 12.5 Å². The Hall–Kier alpha value is -3.64. The van der Waals surface area contributed by atoms with E-state index in [2.05, 4.69) is 28.2 Å². The third-order valence-corrected chi connectivity index (χ3v) is 7.46. The number of aliphatic hydroxyl groups is 2. The van der Waals surface area contributed by atoms with Gasteiger partial charge in [0.1, 0.15) is 12.1 Å². The van der Waals surface area contributed by atoms with Gasteiger partial charge in [-0.3, -0.25) is 9.63 Å². The minimum Gasteiger partial charge on any atom is -0.396 e. The van der Waals surface area contributed by atoms with Gasteiger partial charge in [-0.2, -0.15) is 5.06 Å². The van der Waals surface area contributed by atoms with Gasteiger partial charge in [-0.15, -0.1) is 0 Å². The molecule has 1 aromatic heterocycles. The molecule has 7 nitrogen and oxygen atoms in total. The monoisotopic (exact) mass is 557 g/mol. The molecule has 4 atom stereocenters. The Labute approximate surface area is 238 Å². The molecule has 4 N–H and O–H groups in total. The zero-order valence-electron chi connectivity index (χ0n) is 22.2. The van der Waals surface area contributed by atoms with E-state index in [1.807, 2.05) is 60.8 Å². The molecule has 0 radical (unpaired) electrons. The Morgan fingerprint density at radius 1 is 1.07 bits per heavy atom. The zero-order chi connectivity index (χ0) is 28.1. The van der Waals surface area contributed by atoms with Gasteiger partial charge in [-0.1, -0.05) is 53.8 Å². The number of hydroxylamine groups is 2. The van der Waals surface area contributed by atoms with Crippen molar-refractivity contribution in [3.05, 3.63) is 106 Å². The highest BCUT2D eigenvalue weighted by Gasteiger charge is 2.48. The lowest BCUT2D eigenvalue weighted by atomic mass is 9.92. The van der Waals surface area contributed by atoms with Crippen LogP contribution in [0.3, 0.4) is 0 Å². The molecule has 5 rings (SSSR count). The first kappa shape index (κ1) is 27.9. The lowest BCUT2D eigenvalue weighted by Crippen LogP contribution is -2.48. The molecule has 40 heavy (non-hydrogen) atoms. The van der Waals surface area contributed by atoms with Crippen molar-refractivity contribution in [2.75, 3.05) is 13.2 Å². The van der Waals surface area contributed by atoms with Gasteiger partial charge < -0.3 is 20.5 Å². The van der Waals surface area contributed by atoms with Crippen LogP contribution in [0.1, 0.15) is 29.2 Å². The third-order valence-electron chi connectivity index (χ3n) is 7.21. The summed E-state index contributed by atoms with van der Waals surface area (Å²) in [5.41, 5.74) is 4.81. The number of hydrogen-bond acceptors (Lipinski definition) is 5. The Balaban J connectivity index is 1.26. The number of nitrogens with zero attached hydrogens (tertiary/aromatic N) is 1. The molecule has 0 bridgehead atoms. The number of H-pyrrole nitrogens is 1. The highest BCUT2D eigenvalue weighted by atomic mass is 35.5. The minimum absolute atomic E-state index is 0.243. The molecule has 1 amide bonds. The van der Waals surface area contributed by atoms with E-state index < -0.39 is 24.2 Å². The van der Waals surface area contributed by atoms with E-state index in [4.69, 9.17) is 16.4 Å². The molecule has 1 saturated heterocycles. The van der Waals surface area contributed by atoms with E-state index in [1.165, 1.54) is 0 Å². The average Bonchev–Trinajstić information content (AvgIpc) is 3.55. The number of hydrogen-bond donors (Lipinski definition) is 4. The Morgan fingerprint density at radius 3 is 2.42 bits per heavy atom. The smallest absolute Gasteiger partial charge is 0.240 e. The number of benzene rings is 3. The summed E-state index contributed by atoms with van der Waals surface area (Å²) >= 11 is 5.94. The normalized spacial score (nSPS) is 19.8. The molecule has 0 saturated carbocycles. The van der Waals surface area contributed by atoms with Crippen molar-refractivity contribution >= 4 is 28.4 Å². The molecule has 1 aliphatic rings. The van der Waals surface area contributed by atoms with Crippen LogP contribution in [0.5, 0.6) is 0 Å². The molecule has 2 heterocycles. The highest BCUT2D eigenvalue weighted by molar-refractivity contribution is 6.30. The van der Waals surface area contributed by atoms with Crippen molar-refractivity contribution in [1.29, 1.82) is 0 Å². The Kier molecular flexibility index (Phi) is 8.85. The van der Waals surface area contributed by atoms with Crippen molar-refractivity contribution in [1.82, 2.24) is 15.4 Å². The second-order valence-corrected chi connectivity index (χ2v) is 10.5. The fraction of sp³-hybridized carbons (Fsp3) is 0.281. The van der Waals surface area contributed by atoms with Crippen molar-refractivity contribution in [3.8, 4) is 11.8 Å². The fourth-order valence-corrected chi connectivity index (χ4v) is 5.24. The maximum atomic E-state index is 13.4. The molecule has 0 aliphatic carbocycles. The van der Waals surface area contributed by atoms with Crippen molar-refractivity contribution in [3.63, 3.8) is 0 Å². The molecular formula is C32H32ClN3O4. The predicted octanol–water partition coefficient (Wildman–Crippen LogP) is 4.05. The molecule has 4 aromatic rings. The van der Waals surface area contributed by atoms with Crippen LogP contribution < -0.4 is 5.32 Å². The van der Waals surface area contributed by atoms with Crippen LogP contribution in [0.4, 0.5) is 0 Å². The topological polar surface area (TPSA) is 97.8 Å². The molecule has 206 valence electrons. The number of carbonyl (C=O) groups excluding carboxylic acids is 1. The number of amides is 1. The minimum atomic E-state index is -0.853. The van der Waals surface area contributed by atoms with Crippen LogP contribution in [-0.4, -0.2) is 57.6 Å². The Morgan fingerprint density at radius 2 is 1.75 bits per heavy atom. The molecule has 1 aliphatic heterocycles. The van der Waals surface area contributed by atoms with Gasteiger partial charge in [0.25, 0.3) is 0 Å². The quantitative estimate of drug-likeness (QED) is 0.245. The van der Waals surface area contributed by atoms with Gasteiger partial charge in [0.05, 0.1) is 19.3 Å². The van der Waals surface area contributed by atoms with E-state index in [1.54, 1.807) is 24.1 Å². The van der Waals surface area contributed by atoms with Crippen LogP contribution in [0, 0.1) is 17.8 Å². The maximum absolute atomic E-state index is 13.4. The van der Waals surface area contributed by atoms with Crippen molar-refractivity contribution in [2.45, 2.75) is 38.1 Å². The highest BCUT2D eigenvalue weighted by Crippen LogP contribution is 2.31. The SMILES string of the molecule is CC(O)[C@H]1ON(Cc2ccc(C#Cc3ccc(Cl)cc3)cc2)[C@@H](C(=O)NCCc2c[nH]c3ccccc23)[C@H]1CO. The first-order valence-electron chi connectivity index (χ1n) is 13.3. The number of halogens is 1. The summed E-state index contributed by atoms with van der Waals surface area (Å²) < 4.78 is 0. The molecule has 8 heteroatoms. The predicted molar refractivity (Wildman–Crippen MR) is 155 cm³/mol. The number of aliphatic hydroxyl groups excluding tert-OH is 2. The summed E-state index contributed by atoms with van der Waals surface area (Å²) in [4.78, 5) is 22.7. The molecule has 1 unspecified atom stereocenters. The van der Waals surface area contributed by atoms with E-state index in [9.17, 15) is 15.0 Å². The van der Waals surface area contributed by atoms with Gasteiger partial charge in [-0.25, -0.2) is 0 Å². The van der Waals surface area contributed by atoms with Crippen LogP contribution >= 0.6 is 11.6 Å². The summed E-state index contributed by atoms with van der Waals surface area (Å²) in [6.07, 6.45) is 1.07. The average molecular weight is 558 g/mol. The van der Waals surface area contributed by atoms with E-state index in [0.717, 1.165) is 33.2 Å². The summed E-state index contributed by atoms with van der Waals surface area (Å²) in [5.74, 6) is 5.45. The van der Waals surface area contributed by atoms with Crippen molar-refractivity contribution < 1.29 is 19.8 Å². The number of fused-ring (bicyclic) bond motifs is 1. The lowest BCUT2D eigenvalue weighted by molar-refractivity contribution is -0.192. The van der Waals surface area contributed by atoms with Gasteiger partial charge in [0.15, 0.2) is 0 Å². The first-order valence-corrected chi connectivity index (χ1v) is 13.7. The number of aromatic amines is 1. The summed E-state index contributed by atoms with van der Waals surface area (Å²) in [6, 6.07) is 22.4. The maximum Gasteiger partial charge on any atom is 0.240 e. The van der Waals surface area contributed by atoms with Crippen molar-refractivity contribution in [2.24, 2.45) is 5.92 Å². The largest absolute Gasteiger partial charge is 0.396 e. The molecule has 3 aromatic carbocycles. The van der Waals surface area contributed by atoms with E-state index >= 15 is 0 Å². The number of aromatic nitrogens is 1. The second-order valence-electron chi connectivity index (χ2n) is 10.0. The van der Waals surface area contributed by atoms with Gasteiger partial charge in [0.2, 0.25) is 5.91 Å². The van der Waals surface area contributed by atoms with Crippen LogP contribution in [-0.2, 0) is 22.6 Å². The summed E-state index contributed by atoms with van der Waals surface area (Å²) in [6.45, 7) is 2.07. The Bertz CT molecular complexity index is 1510. The molecule has 1 fully saturated rings.